The van der Waals surface area contributed by atoms with E-state index in [2.05, 4.69) is 45.1 Å². The first-order valence-electron chi connectivity index (χ1n) is 26.7. The molecule has 6 nitrogen and oxygen atoms in total. The fourth-order valence-electron chi connectivity index (χ4n) is 8.46. The molecule has 6 heteroatoms. The number of aliphatic hydroxyl groups is 3. The molecule has 0 rings (SSSR count). The van der Waals surface area contributed by atoms with E-state index in [1.54, 1.807) is 0 Å². The van der Waals surface area contributed by atoms with Gasteiger partial charge in [0.05, 0.1) is 0 Å². The van der Waals surface area contributed by atoms with Gasteiger partial charge in [-0.05, 0) is 70.6 Å². The van der Waals surface area contributed by atoms with E-state index in [0.717, 1.165) is 96.3 Å². The number of carbonyl (C=O) groups excluding carboxylic acids is 3. The Balaban J connectivity index is 4.81. The van der Waals surface area contributed by atoms with Crippen molar-refractivity contribution in [2.45, 2.75) is 308 Å². The van der Waals surface area contributed by atoms with Crippen LogP contribution in [0.4, 0.5) is 0 Å². The summed E-state index contributed by atoms with van der Waals surface area (Å²) >= 11 is 0. The molecule has 0 aromatic rings. The summed E-state index contributed by atoms with van der Waals surface area (Å²) in [5.74, 6) is -2.15. The molecule has 0 saturated carbocycles. The zero-order chi connectivity index (χ0) is 44.9. The number of rotatable bonds is 49. The van der Waals surface area contributed by atoms with Crippen LogP contribution >= 0.6 is 0 Å². The van der Waals surface area contributed by atoms with Gasteiger partial charge in [-0.3, -0.25) is 14.4 Å². The van der Waals surface area contributed by atoms with Gasteiger partial charge in [-0.2, -0.15) is 0 Å². The molecule has 3 unspecified atom stereocenters. The molecule has 358 valence electrons. The van der Waals surface area contributed by atoms with Gasteiger partial charge in [0.2, 0.25) is 0 Å². The predicted molar refractivity (Wildman–Crippen MR) is 261 cm³/mol. The van der Waals surface area contributed by atoms with Gasteiger partial charge in [-0.1, -0.05) is 225 Å². The fraction of sp³-hybridized carbons (Fsp3) is 0.873. The van der Waals surface area contributed by atoms with Crippen molar-refractivity contribution >= 4 is 17.3 Å². The second kappa shape index (κ2) is 45.0. The van der Waals surface area contributed by atoms with Crippen molar-refractivity contribution in [2.24, 2.45) is 0 Å². The average Bonchev–Trinajstić information content (AvgIpc) is 3.26. The van der Waals surface area contributed by atoms with Gasteiger partial charge in [0, 0.05) is 19.3 Å². The first-order chi connectivity index (χ1) is 29.8. The minimum atomic E-state index is -2.81. The van der Waals surface area contributed by atoms with Crippen molar-refractivity contribution in [1.29, 1.82) is 0 Å². The van der Waals surface area contributed by atoms with Crippen LogP contribution in [0.25, 0.3) is 0 Å². The Labute approximate surface area is 378 Å². The van der Waals surface area contributed by atoms with E-state index >= 15 is 0 Å². The molecule has 0 bridgehead atoms. The average molecular weight is 859 g/mol. The Bertz CT molecular complexity index is 1050. The van der Waals surface area contributed by atoms with Crippen LogP contribution in [0.3, 0.4) is 0 Å². The zero-order valence-electron chi connectivity index (χ0n) is 40.7. The highest BCUT2D eigenvalue weighted by molar-refractivity contribution is 6.01. The number of Topliss-reactive ketones (excluding diaryl/α,β-unsaturated/α-hetero) is 3. The van der Waals surface area contributed by atoms with Crippen LogP contribution < -0.4 is 0 Å². The van der Waals surface area contributed by atoms with E-state index in [4.69, 9.17) is 0 Å². The van der Waals surface area contributed by atoms with Crippen molar-refractivity contribution in [3.63, 3.8) is 0 Å². The molecule has 0 aliphatic heterocycles. The molecule has 61 heavy (non-hydrogen) atoms. The molecule has 0 amide bonds. The monoisotopic (exact) mass is 859 g/mol. The number of hydrogen-bond donors (Lipinski definition) is 3. The van der Waals surface area contributed by atoms with Crippen molar-refractivity contribution < 1.29 is 29.7 Å². The first kappa shape index (κ1) is 59.4. The molecule has 0 aliphatic carbocycles. The van der Waals surface area contributed by atoms with Crippen LogP contribution in [-0.4, -0.2) is 50.5 Å². The maximum Gasteiger partial charge on any atom is 0.189 e. The third-order valence-corrected chi connectivity index (χ3v) is 12.8. The zero-order valence-corrected chi connectivity index (χ0v) is 40.7. The third kappa shape index (κ3) is 34.5. The lowest BCUT2D eigenvalue weighted by Gasteiger charge is -2.34. The van der Waals surface area contributed by atoms with Gasteiger partial charge in [0.15, 0.2) is 35.2 Å². The van der Waals surface area contributed by atoms with E-state index in [-0.39, 0.29) is 19.3 Å². The molecule has 0 heterocycles. The van der Waals surface area contributed by atoms with Gasteiger partial charge in [-0.15, -0.1) is 0 Å². The summed E-state index contributed by atoms with van der Waals surface area (Å²) in [4.78, 5) is 40.1. The minimum Gasteiger partial charge on any atom is -0.382 e. The van der Waals surface area contributed by atoms with Crippen molar-refractivity contribution in [3.8, 4) is 0 Å². The smallest absolute Gasteiger partial charge is 0.189 e. The van der Waals surface area contributed by atoms with Crippen LogP contribution in [0, 0.1) is 0 Å². The lowest BCUT2D eigenvalue weighted by atomic mass is 9.78. The number of ketones is 3. The summed E-state index contributed by atoms with van der Waals surface area (Å²) in [7, 11) is 0. The molecule has 0 radical (unpaired) electrons. The van der Waals surface area contributed by atoms with Crippen molar-refractivity contribution in [2.75, 3.05) is 0 Å². The Kier molecular flexibility index (Phi) is 43.8. The van der Waals surface area contributed by atoms with Gasteiger partial charge >= 0.3 is 0 Å². The predicted octanol–water partition coefficient (Wildman–Crippen LogP) is 15.7. The molecule has 0 spiro atoms. The van der Waals surface area contributed by atoms with E-state index in [1.807, 2.05) is 0 Å². The summed E-state index contributed by atoms with van der Waals surface area (Å²) in [6.45, 7) is 6.74. The molecule has 0 aromatic carbocycles. The molecule has 3 N–H and O–H groups in total. The Morgan fingerprint density at radius 3 is 0.820 bits per heavy atom. The van der Waals surface area contributed by atoms with Crippen LogP contribution in [0.2, 0.25) is 0 Å². The number of unbranched alkanes of at least 4 members (excludes halogenated alkanes) is 34. The standard InChI is InChI=1S/C55H102O6/c1-4-7-10-13-16-19-22-25-27-30-33-36-39-42-45-48-51(57)54(60)55(61,52(58)49-46-43-40-37-34-31-28-26-23-20-17-14-11-8-5-2)53(59)50(56)47-44-41-38-35-32-29-24-21-18-15-12-9-6-3/h25-28,53-54,59-61H,4-24,29-49H2,1-3H3/b27-25-,28-26-. The Hall–Kier alpha value is -1.63. The van der Waals surface area contributed by atoms with Gasteiger partial charge in [0.1, 0.15) is 0 Å². The molecule has 0 aromatic heterocycles. The van der Waals surface area contributed by atoms with Crippen molar-refractivity contribution in [1.82, 2.24) is 0 Å². The second-order valence-electron chi connectivity index (χ2n) is 18.6. The SMILES string of the molecule is CCCCCCCC/C=C\CCCCCCCC(=O)C(O)C(O)(C(=O)CCCCCCC/C=C\CCCCCCCC)C(O)C(=O)CCCCCCCCCCCCCCC. The number of allylic oxidation sites excluding steroid dienone is 4. The first-order valence-corrected chi connectivity index (χ1v) is 26.7. The number of carbonyl (C=O) groups is 3. The van der Waals surface area contributed by atoms with Crippen molar-refractivity contribution in [3.05, 3.63) is 24.3 Å². The summed E-state index contributed by atoms with van der Waals surface area (Å²) in [6, 6.07) is 0. The number of aliphatic hydroxyl groups excluding tert-OH is 2. The van der Waals surface area contributed by atoms with E-state index in [1.165, 1.54) is 135 Å². The fourth-order valence-corrected chi connectivity index (χ4v) is 8.46. The maximum atomic E-state index is 13.6. The summed E-state index contributed by atoms with van der Waals surface area (Å²) in [5.41, 5.74) is -2.81. The van der Waals surface area contributed by atoms with Gasteiger partial charge in [-0.25, -0.2) is 0 Å². The third-order valence-electron chi connectivity index (χ3n) is 12.8. The van der Waals surface area contributed by atoms with Crippen LogP contribution in [0.1, 0.15) is 290 Å². The molecule has 3 atom stereocenters. The highest BCUT2D eigenvalue weighted by Crippen LogP contribution is 2.26. The molecular formula is C55H102O6. The lowest BCUT2D eigenvalue weighted by Crippen LogP contribution is -2.63. The second-order valence-corrected chi connectivity index (χ2v) is 18.6. The van der Waals surface area contributed by atoms with E-state index in [0.29, 0.717) is 19.3 Å². The molecular weight excluding hydrogens is 757 g/mol. The number of hydrogen-bond acceptors (Lipinski definition) is 6. The highest BCUT2D eigenvalue weighted by atomic mass is 16.4. The van der Waals surface area contributed by atoms with Crippen LogP contribution in [0.15, 0.2) is 24.3 Å². The molecule has 0 fully saturated rings. The summed E-state index contributed by atoms with van der Waals surface area (Å²) < 4.78 is 0. The molecule has 0 aliphatic rings. The largest absolute Gasteiger partial charge is 0.382 e. The molecule has 0 saturated heterocycles. The topological polar surface area (TPSA) is 112 Å². The minimum absolute atomic E-state index is 0.00207. The highest BCUT2D eigenvalue weighted by Gasteiger charge is 2.53. The van der Waals surface area contributed by atoms with Crippen LogP contribution in [0.5, 0.6) is 0 Å². The van der Waals surface area contributed by atoms with E-state index in [9.17, 15) is 29.7 Å². The Morgan fingerprint density at radius 1 is 0.344 bits per heavy atom. The summed E-state index contributed by atoms with van der Waals surface area (Å²) in [6.07, 6.45) is 48.9. The lowest BCUT2D eigenvalue weighted by molar-refractivity contribution is -0.181. The normalized spacial score (nSPS) is 13.9. The van der Waals surface area contributed by atoms with Gasteiger partial charge < -0.3 is 15.3 Å². The Morgan fingerprint density at radius 2 is 0.557 bits per heavy atom. The quantitative estimate of drug-likeness (QED) is 0.0415. The summed E-state index contributed by atoms with van der Waals surface area (Å²) in [5, 5.41) is 34.1. The maximum absolute atomic E-state index is 13.6. The van der Waals surface area contributed by atoms with Gasteiger partial charge in [0.25, 0.3) is 0 Å². The van der Waals surface area contributed by atoms with Crippen LogP contribution in [-0.2, 0) is 14.4 Å². The van der Waals surface area contributed by atoms with E-state index < -0.39 is 35.2 Å².